The first-order valence-electron chi connectivity index (χ1n) is 5.96. The molecule has 17 heavy (non-hydrogen) atoms. The molecular weight excluding hydrogens is 240 g/mol. The molecule has 1 rings (SSSR count). The van der Waals surface area contributed by atoms with E-state index in [2.05, 4.69) is 9.62 Å². The number of hydrogen-bond donors (Lipinski definition) is 2. The Morgan fingerprint density at radius 3 is 2.12 bits per heavy atom. The number of nitrogens with one attached hydrogen (secondary N) is 1. The summed E-state index contributed by atoms with van der Waals surface area (Å²) in [5.74, 6) is 0. The molecule has 0 bridgehead atoms. The van der Waals surface area contributed by atoms with Gasteiger partial charge in [-0.25, -0.2) is 0 Å². The Hall–Kier alpha value is -0.210. The molecule has 0 aliphatic carbocycles. The largest absolute Gasteiger partial charge is 0.329 e. The molecule has 0 unspecified atom stereocenters. The quantitative estimate of drug-likeness (QED) is 0.696. The predicted octanol–water partition coefficient (Wildman–Crippen LogP) is -0.804. The lowest BCUT2D eigenvalue weighted by molar-refractivity contribution is 0.190. The molecule has 0 aromatic carbocycles. The summed E-state index contributed by atoms with van der Waals surface area (Å²) in [4.78, 5) is 2.18. The highest BCUT2D eigenvalue weighted by Crippen LogP contribution is 2.09. The van der Waals surface area contributed by atoms with E-state index in [0.29, 0.717) is 19.6 Å². The minimum atomic E-state index is -3.35. The van der Waals surface area contributed by atoms with Crippen molar-refractivity contribution in [1.29, 1.82) is 0 Å². The Kier molecular flexibility index (Phi) is 4.91. The van der Waals surface area contributed by atoms with Crippen LogP contribution in [0.1, 0.15) is 20.8 Å². The van der Waals surface area contributed by atoms with E-state index in [0.717, 1.165) is 19.6 Å². The summed E-state index contributed by atoms with van der Waals surface area (Å²) in [6, 6.07) is 0. The summed E-state index contributed by atoms with van der Waals surface area (Å²) in [6.45, 7) is 9.55. The maximum absolute atomic E-state index is 12.0. The van der Waals surface area contributed by atoms with Crippen LogP contribution in [0, 0.1) is 0 Å². The standard InChI is InChI=1S/C10H24N4O2S/c1-10(2,3)12-17(15,16)14-8-6-13(5-4-11)7-9-14/h12H,4-9,11H2,1-3H3. The molecule has 0 aromatic rings. The van der Waals surface area contributed by atoms with Crippen molar-refractivity contribution in [2.75, 3.05) is 39.3 Å². The highest BCUT2D eigenvalue weighted by atomic mass is 32.2. The van der Waals surface area contributed by atoms with Crippen molar-refractivity contribution >= 4 is 10.2 Å². The van der Waals surface area contributed by atoms with Gasteiger partial charge >= 0.3 is 0 Å². The Labute approximate surface area is 104 Å². The maximum Gasteiger partial charge on any atom is 0.280 e. The molecule has 6 nitrogen and oxygen atoms in total. The topological polar surface area (TPSA) is 78.7 Å². The second kappa shape index (κ2) is 5.62. The second-order valence-corrected chi connectivity index (χ2v) is 7.06. The van der Waals surface area contributed by atoms with E-state index >= 15 is 0 Å². The molecule has 0 amide bonds. The molecular formula is C10H24N4O2S. The molecule has 1 aliphatic rings. The van der Waals surface area contributed by atoms with Crippen molar-refractivity contribution in [2.24, 2.45) is 5.73 Å². The second-order valence-electron chi connectivity index (χ2n) is 5.39. The van der Waals surface area contributed by atoms with Crippen molar-refractivity contribution in [2.45, 2.75) is 26.3 Å². The average Bonchev–Trinajstić information content (AvgIpc) is 2.15. The SMILES string of the molecule is CC(C)(C)NS(=O)(=O)N1CCN(CCN)CC1. The number of nitrogens with two attached hydrogens (primary N) is 1. The van der Waals surface area contributed by atoms with Gasteiger partial charge in [0.25, 0.3) is 10.2 Å². The fourth-order valence-electron chi connectivity index (χ4n) is 1.83. The lowest BCUT2D eigenvalue weighted by Crippen LogP contribution is -2.55. The Morgan fingerprint density at radius 2 is 1.71 bits per heavy atom. The van der Waals surface area contributed by atoms with Crippen molar-refractivity contribution in [3.8, 4) is 0 Å². The normalized spacial score (nSPS) is 20.7. The first-order chi connectivity index (χ1) is 7.74. The van der Waals surface area contributed by atoms with Gasteiger partial charge in [-0.3, -0.25) is 4.90 Å². The average molecular weight is 264 g/mol. The van der Waals surface area contributed by atoms with E-state index in [4.69, 9.17) is 5.73 Å². The van der Waals surface area contributed by atoms with Crippen LogP contribution in [-0.2, 0) is 10.2 Å². The Morgan fingerprint density at radius 1 is 1.18 bits per heavy atom. The van der Waals surface area contributed by atoms with E-state index in [1.54, 1.807) is 0 Å². The van der Waals surface area contributed by atoms with Crippen LogP contribution in [0.2, 0.25) is 0 Å². The van der Waals surface area contributed by atoms with E-state index in [-0.39, 0.29) is 0 Å². The van der Waals surface area contributed by atoms with Gasteiger partial charge in [-0.2, -0.15) is 17.4 Å². The molecule has 7 heteroatoms. The number of hydrogen-bond acceptors (Lipinski definition) is 4. The minimum Gasteiger partial charge on any atom is -0.329 e. The lowest BCUT2D eigenvalue weighted by atomic mass is 10.1. The van der Waals surface area contributed by atoms with E-state index < -0.39 is 15.7 Å². The van der Waals surface area contributed by atoms with E-state index in [1.165, 1.54) is 4.31 Å². The zero-order valence-corrected chi connectivity index (χ0v) is 11.8. The van der Waals surface area contributed by atoms with E-state index in [9.17, 15) is 8.42 Å². The summed E-state index contributed by atoms with van der Waals surface area (Å²) in [5.41, 5.74) is 5.04. The van der Waals surface area contributed by atoms with Crippen LogP contribution in [0.5, 0.6) is 0 Å². The first-order valence-corrected chi connectivity index (χ1v) is 7.40. The van der Waals surface area contributed by atoms with Gasteiger partial charge in [-0.05, 0) is 20.8 Å². The number of piperazine rings is 1. The van der Waals surface area contributed by atoms with Crippen LogP contribution in [0.3, 0.4) is 0 Å². The molecule has 0 radical (unpaired) electrons. The third-order valence-corrected chi connectivity index (χ3v) is 4.47. The first kappa shape index (κ1) is 14.8. The molecule has 1 aliphatic heterocycles. The van der Waals surface area contributed by atoms with Gasteiger partial charge in [0, 0.05) is 44.8 Å². The van der Waals surface area contributed by atoms with Gasteiger partial charge in [0.2, 0.25) is 0 Å². The number of rotatable bonds is 4. The van der Waals surface area contributed by atoms with Crippen LogP contribution >= 0.6 is 0 Å². The van der Waals surface area contributed by atoms with Crippen molar-refractivity contribution < 1.29 is 8.42 Å². The summed E-state index contributed by atoms with van der Waals surface area (Å²) in [7, 11) is -3.35. The minimum absolute atomic E-state index is 0.437. The summed E-state index contributed by atoms with van der Waals surface area (Å²) >= 11 is 0. The fourth-order valence-corrected chi connectivity index (χ4v) is 3.37. The van der Waals surface area contributed by atoms with Gasteiger partial charge in [-0.1, -0.05) is 0 Å². The lowest BCUT2D eigenvalue weighted by Gasteiger charge is -2.35. The van der Waals surface area contributed by atoms with Crippen molar-refractivity contribution in [3.05, 3.63) is 0 Å². The molecule has 1 fully saturated rings. The monoisotopic (exact) mass is 264 g/mol. The zero-order valence-electron chi connectivity index (χ0n) is 10.9. The highest BCUT2D eigenvalue weighted by Gasteiger charge is 2.29. The molecule has 0 aromatic heterocycles. The summed E-state index contributed by atoms with van der Waals surface area (Å²) in [6.07, 6.45) is 0. The third kappa shape index (κ3) is 4.89. The molecule has 3 N–H and O–H groups in total. The summed E-state index contributed by atoms with van der Waals surface area (Å²) in [5, 5.41) is 0. The molecule has 1 saturated heterocycles. The van der Waals surface area contributed by atoms with Crippen LogP contribution in [0.15, 0.2) is 0 Å². The Bertz CT molecular complexity index is 329. The zero-order chi connectivity index (χ0) is 13.1. The van der Waals surface area contributed by atoms with Crippen LogP contribution in [0.4, 0.5) is 0 Å². The van der Waals surface area contributed by atoms with Gasteiger partial charge in [0.15, 0.2) is 0 Å². The van der Waals surface area contributed by atoms with Gasteiger partial charge in [0.1, 0.15) is 0 Å². The van der Waals surface area contributed by atoms with Crippen LogP contribution < -0.4 is 10.5 Å². The predicted molar refractivity (Wildman–Crippen MR) is 68.9 cm³/mol. The molecule has 0 spiro atoms. The van der Waals surface area contributed by atoms with Crippen LogP contribution in [-0.4, -0.2) is 62.4 Å². The molecule has 0 saturated carbocycles. The van der Waals surface area contributed by atoms with Gasteiger partial charge in [-0.15, -0.1) is 0 Å². The molecule has 1 heterocycles. The molecule has 102 valence electrons. The number of nitrogens with zero attached hydrogens (tertiary/aromatic N) is 2. The fraction of sp³-hybridized carbons (Fsp3) is 1.00. The highest BCUT2D eigenvalue weighted by molar-refractivity contribution is 7.87. The Balaban J connectivity index is 2.53. The van der Waals surface area contributed by atoms with Crippen molar-refractivity contribution in [1.82, 2.24) is 13.9 Å². The van der Waals surface area contributed by atoms with Gasteiger partial charge < -0.3 is 5.73 Å². The molecule has 0 atom stereocenters. The third-order valence-electron chi connectivity index (χ3n) is 2.55. The summed E-state index contributed by atoms with van der Waals surface area (Å²) < 4.78 is 28.2. The maximum atomic E-state index is 12.0. The van der Waals surface area contributed by atoms with E-state index in [1.807, 2.05) is 20.8 Å². The van der Waals surface area contributed by atoms with Crippen molar-refractivity contribution in [3.63, 3.8) is 0 Å². The van der Waals surface area contributed by atoms with Gasteiger partial charge in [0.05, 0.1) is 0 Å². The van der Waals surface area contributed by atoms with Crippen LogP contribution in [0.25, 0.3) is 0 Å². The smallest absolute Gasteiger partial charge is 0.280 e.